The van der Waals surface area contributed by atoms with Gasteiger partial charge in [0.2, 0.25) is 0 Å². The van der Waals surface area contributed by atoms with Crippen molar-refractivity contribution in [3.63, 3.8) is 0 Å². The molecule has 0 radical (unpaired) electrons. The quantitative estimate of drug-likeness (QED) is 0.507. The molecule has 0 aliphatic carbocycles. The van der Waals surface area contributed by atoms with Gasteiger partial charge in [-0.25, -0.2) is 0 Å². The van der Waals surface area contributed by atoms with Crippen molar-refractivity contribution in [2.75, 3.05) is 12.9 Å². The van der Waals surface area contributed by atoms with Crippen molar-refractivity contribution < 1.29 is 22.5 Å². The van der Waals surface area contributed by atoms with Crippen LogP contribution in [-0.2, 0) is 19.1 Å². The van der Waals surface area contributed by atoms with Gasteiger partial charge in [0.1, 0.15) is 6.04 Å². The standard InChI is InChI=1S/C4H9NO5S/c1-11(8,9)10-2-3(5)4(6)7/h3H,2,5H2,1H3,(H,6,7). The highest BCUT2D eigenvalue weighted by Gasteiger charge is 2.14. The highest BCUT2D eigenvalue weighted by molar-refractivity contribution is 7.85. The van der Waals surface area contributed by atoms with Crippen molar-refractivity contribution in [3.8, 4) is 0 Å². The monoisotopic (exact) mass is 183 g/mol. The van der Waals surface area contributed by atoms with E-state index >= 15 is 0 Å². The Bertz CT molecular complexity index is 233. The zero-order chi connectivity index (χ0) is 9.07. The Morgan fingerprint density at radius 1 is 1.73 bits per heavy atom. The zero-order valence-electron chi connectivity index (χ0n) is 5.85. The number of rotatable bonds is 4. The van der Waals surface area contributed by atoms with E-state index in [4.69, 9.17) is 10.8 Å². The molecule has 1 unspecified atom stereocenters. The van der Waals surface area contributed by atoms with Gasteiger partial charge in [0.05, 0.1) is 12.9 Å². The van der Waals surface area contributed by atoms with Gasteiger partial charge in [-0.2, -0.15) is 8.42 Å². The molecule has 0 bridgehead atoms. The molecule has 1 atom stereocenters. The number of carboxylic acids is 1. The lowest BCUT2D eigenvalue weighted by Gasteiger charge is -2.04. The molecule has 3 N–H and O–H groups in total. The van der Waals surface area contributed by atoms with E-state index in [9.17, 15) is 13.2 Å². The number of hydrogen-bond donors (Lipinski definition) is 2. The van der Waals surface area contributed by atoms with Crippen LogP contribution >= 0.6 is 0 Å². The molecule has 0 saturated carbocycles. The molecule has 11 heavy (non-hydrogen) atoms. The first-order valence-corrected chi connectivity index (χ1v) is 4.47. The highest BCUT2D eigenvalue weighted by Crippen LogP contribution is 1.88. The van der Waals surface area contributed by atoms with Gasteiger partial charge in [-0.15, -0.1) is 0 Å². The first kappa shape index (κ1) is 10.3. The van der Waals surface area contributed by atoms with E-state index in [1.165, 1.54) is 0 Å². The SMILES string of the molecule is CS(=O)(=O)OCC(N)C(=O)O. The molecule has 0 aromatic rings. The summed E-state index contributed by atoms with van der Waals surface area (Å²) in [6.45, 7) is -0.534. The van der Waals surface area contributed by atoms with E-state index in [0.717, 1.165) is 6.26 Å². The molecule has 0 aromatic heterocycles. The van der Waals surface area contributed by atoms with E-state index in [1.807, 2.05) is 0 Å². The van der Waals surface area contributed by atoms with Gasteiger partial charge in [0.25, 0.3) is 10.1 Å². The van der Waals surface area contributed by atoms with Crippen LogP contribution in [0.25, 0.3) is 0 Å². The first-order valence-electron chi connectivity index (χ1n) is 2.65. The largest absolute Gasteiger partial charge is 0.480 e. The van der Waals surface area contributed by atoms with Gasteiger partial charge >= 0.3 is 5.97 Å². The van der Waals surface area contributed by atoms with Crippen molar-refractivity contribution in [2.45, 2.75) is 6.04 Å². The Hall–Kier alpha value is -0.660. The Labute approximate surface area is 64.1 Å². The normalized spacial score (nSPS) is 14.4. The van der Waals surface area contributed by atoms with Crippen LogP contribution in [0.2, 0.25) is 0 Å². The lowest BCUT2D eigenvalue weighted by Crippen LogP contribution is -2.35. The van der Waals surface area contributed by atoms with Gasteiger partial charge in [0, 0.05) is 0 Å². The Morgan fingerprint density at radius 3 is 2.45 bits per heavy atom. The van der Waals surface area contributed by atoms with Crippen molar-refractivity contribution in [2.24, 2.45) is 5.73 Å². The van der Waals surface area contributed by atoms with Crippen LogP contribution in [0.15, 0.2) is 0 Å². The minimum Gasteiger partial charge on any atom is -0.480 e. The van der Waals surface area contributed by atoms with Crippen molar-refractivity contribution >= 4 is 16.1 Å². The molecule has 0 fully saturated rings. The molecule has 0 saturated heterocycles. The van der Waals surface area contributed by atoms with Crippen LogP contribution < -0.4 is 5.73 Å². The van der Waals surface area contributed by atoms with Crippen molar-refractivity contribution in [1.82, 2.24) is 0 Å². The minimum atomic E-state index is -3.60. The maximum absolute atomic E-state index is 10.3. The fourth-order valence-electron chi connectivity index (χ4n) is 0.268. The maximum atomic E-state index is 10.3. The summed E-state index contributed by atoms with van der Waals surface area (Å²) in [4.78, 5) is 10.0. The molecule has 0 aliphatic heterocycles. The summed E-state index contributed by atoms with van der Waals surface area (Å²) in [7, 11) is -3.60. The first-order chi connectivity index (χ1) is 4.83. The minimum absolute atomic E-state index is 0.534. The number of hydrogen-bond acceptors (Lipinski definition) is 5. The average molecular weight is 183 g/mol. The third kappa shape index (κ3) is 5.77. The molecule has 0 heterocycles. The van der Waals surface area contributed by atoms with E-state index in [2.05, 4.69) is 4.18 Å². The third-order valence-electron chi connectivity index (χ3n) is 0.779. The van der Waals surface area contributed by atoms with Crippen LogP contribution in [-0.4, -0.2) is 38.4 Å². The molecule has 0 aliphatic rings. The Kier molecular flexibility index (Phi) is 3.43. The van der Waals surface area contributed by atoms with Gasteiger partial charge in [0.15, 0.2) is 0 Å². The summed E-state index contributed by atoms with van der Waals surface area (Å²) in [6, 6.07) is -1.30. The number of nitrogens with two attached hydrogens (primary N) is 1. The van der Waals surface area contributed by atoms with Gasteiger partial charge in [-0.1, -0.05) is 0 Å². The van der Waals surface area contributed by atoms with Crippen LogP contribution in [0.4, 0.5) is 0 Å². The van der Waals surface area contributed by atoms with Crippen LogP contribution in [0.3, 0.4) is 0 Å². The van der Waals surface area contributed by atoms with Crippen LogP contribution in [0, 0.1) is 0 Å². The second kappa shape index (κ2) is 3.65. The molecule has 0 rings (SSSR count). The molecule has 0 amide bonds. The summed E-state index contributed by atoms with van der Waals surface area (Å²) in [5.41, 5.74) is 4.93. The summed E-state index contributed by atoms with van der Waals surface area (Å²) < 4.78 is 24.7. The van der Waals surface area contributed by atoms with Crippen LogP contribution in [0.5, 0.6) is 0 Å². The summed E-state index contributed by atoms with van der Waals surface area (Å²) >= 11 is 0. The van der Waals surface area contributed by atoms with E-state index in [0.29, 0.717) is 0 Å². The maximum Gasteiger partial charge on any atom is 0.322 e. The second-order valence-electron chi connectivity index (χ2n) is 1.93. The predicted molar refractivity (Wildman–Crippen MR) is 36.4 cm³/mol. The Balaban J connectivity index is 3.82. The topological polar surface area (TPSA) is 107 Å². The van der Waals surface area contributed by atoms with Crippen LogP contribution in [0.1, 0.15) is 0 Å². The molecule has 0 spiro atoms. The molecule has 6 nitrogen and oxygen atoms in total. The fourth-order valence-corrected chi connectivity index (χ4v) is 0.662. The molecule has 0 aromatic carbocycles. The second-order valence-corrected chi connectivity index (χ2v) is 3.58. The number of aliphatic carboxylic acids is 1. The number of carbonyl (C=O) groups is 1. The number of carboxylic acid groups (broad SMARTS) is 1. The average Bonchev–Trinajstić information content (AvgIpc) is 1.80. The summed E-state index contributed by atoms with van der Waals surface area (Å²) in [5.74, 6) is -1.30. The van der Waals surface area contributed by atoms with E-state index < -0.39 is 28.7 Å². The van der Waals surface area contributed by atoms with Gasteiger partial charge in [-0.3, -0.25) is 8.98 Å². The zero-order valence-corrected chi connectivity index (χ0v) is 6.67. The summed E-state index contributed by atoms with van der Waals surface area (Å²) in [5, 5.41) is 8.18. The highest BCUT2D eigenvalue weighted by atomic mass is 32.2. The van der Waals surface area contributed by atoms with Gasteiger partial charge in [-0.05, 0) is 0 Å². The predicted octanol–water partition coefficient (Wildman–Crippen LogP) is -1.63. The molecule has 7 heteroatoms. The third-order valence-corrected chi connectivity index (χ3v) is 1.34. The van der Waals surface area contributed by atoms with Crippen molar-refractivity contribution in [3.05, 3.63) is 0 Å². The summed E-state index contributed by atoms with van der Waals surface area (Å²) in [6.07, 6.45) is 0.821. The Morgan fingerprint density at radius 2 is 2.18 bits per heavy atom. The molecular formula is C4H9NO5S. The van der Waals surface area contributed by atoms with E-state index in [1.54, 1.807) is 0 Å². The molecular weight excluding hydrogens is 174 g/mol. The molecule has 66 valence electrons. The lowest BCUT2D eigenvalue weighted by atomic mass is 10.3. The fraction of sp³-hybridized carbons (Fsp3) is 0.750. The van der Waals surface area contributed by atoms with Crippen molar-refractivity contribution in [1.29, 1.82) is 0 Å². The van der Waals surface area contributed by atoms with Gasteiger partial charge < -0.3 is 10.8 Å². The smallest absolute Gasteiger partial charge is 0.322 e. The lowest BCUT2D eigenvalue weighted by molar-refractivity contribution is -0.139. The van der Waals surface area contributed by atoms with E-state index in [-0.39, 0.29) is 0 Å².